The zero-order valence-corrected chi connectivity index (χ0v) is 12.2. The third-order valence-electron chi connectivity index (χ3n) is 4.74. The maximum absolute atomic E-state index is 12.0. The van der Waals surface area contributed by atoms with Crippen LogP contribution in [0.1, 0.15) is 38.3 Å². The van der Waals surface area contributed by atoms with Gasteiger partial charge in [0, 0.05) is 32.3 Å². The molecule has 0 N–H and O–H groups in total. The number of carbonyl (C=O) groups excluding carboxylic acids is 1. The smallest absolute Gasteiger partial charge is 0.223 e. The van der Waals surface area contributed by atoms with E-state index in [0.29, 0.717) is 5.91 Å². The molecule has 2 aliphatic rings. The van der Waals surface area contributed by atoms with Gasteiger partial charge in [0.2, 0.25) is 5.91 Å². The van der Waals surface area contributed by atoms with Crippen molar-refractivity contribution >= 4 is 5.91 Å². The summed E-state index contributed by atoms with van der Waals surface area (Å²) < 4.78 is 0. The molecule has 2 aliphatic heterocycles. The highest BCUT2D eigenvalue weighted by Crippen LogP contribution is 2.37. The summed E-state index contributed by atoms with van der Waals surface area (Å²) in [5.41, 5.74) is 1.22. The van der Waals surface area contributed by atoms with Crippen molar-refractivity contribution in [3.8, 4) is 0 Å². The van der Waals surface area contributed by atoms with E-state index in [1.54, 1.807) is 0 Å². The van der Waals surface area contributed by atoms with E-state index in [4.69, 9.17) is 0 Å². The van der Waals surface area contributed by atoms with Crippen molar-refractivity contribution in [2.24, 2.45) is 0 Å². The van der Waals surface area contributed by atoms with Crippen molar-refractivity contribution in [2.75, 3.05) is 19.6 Å². The molecule has 0 aliphatic carbocycles. The predicted molar refractivity (Wildman–Crippen MR) is 78.1 cm³/mol. The van der Waals surface area contributed by atoms with Gasteiger partial charge < -0.3 is 4.90 Å². The van der Waals surface area contributed by atoms with Crippen LogP contribution in [0.2, 0.25) is 0 Å². The molecular formula is C16H23N3O. The molecule has 1 amide bonds. The van der Waals surface area contributed by atoms with Crippen molar-refractivity contribution in [3.63, 3.8) is 0 Å². The summed E-state index contributed by atoms with van der Waals surface area (Å²) in [6.45, 7) is 5.96. The van der Waals surface area contributed by atoms with E-state index in [1.807, 2.05) is 18.3 Å². The summed E-state index contributed by atoms with van der Waals surface area (Å²) in [6, 6.07) is 6.08. The van der Waals surface area contributed by atoms with E-state index < -0.39 is 0 Å². The molecule has 1 spiro atoms. The van der Waals surface area contributed by atoms with Crippen LogP contribution in [0.25, 0.3) is 0 Å². The first-order valence-electron chi connectivity index (χ1n) is 7.66. The fraction of sp³-hybridized carbons (Fsp3) is 0.625. The molecule has 2 saturated heterocycles. The average Bonchev–Trinajstić information content (AvgIpc) is 2.76. The number of hydrogen-bond acceptors (Lipinski definition) is 3. The first-order chi connectivity index (χ1) is 9.73. The Morgan fingerprint density at radius 3 is 3.00 bits per heavy atom. The normalized spacial score (nSPS) is 27.4. The Morgan fingerprint density at radius 2 is 2.25 bits per heavy atom. The highest BCUT2D eigenvalue weighted by atomic mass is 16.2. The lowest BCUT2D eigenvalue weighted by Gasteiger charge is -2.45. The minimum Gasteiger partial charge on any atom is -0.336 e. The molecule has 4 heteroatoms. The number of carbonyl (C=O) groups is 1. The summed E-state index contributed by atoms with van der Waals surface area (Å²) >= 11 is 0. The van der Waals surface area contributed by atoms with Crippen molar-refractivity contribution in [1.82, 2.24) is 14.8 Å². The number of aromatic nitrogens is 1. The highest BCUT2D eigenvalue weighted by molar-refractivity contribution is 5.79. The van der Waals surface area contributed by atoms with Gasteiger partial charge in [-0.05, 0) is 44.9 Å². The summed E-state index contributed by atoms with van der Waals surface area (Å²) in [7, 11) is 0. The first kappa shape index (κ1) is 13.6. The van der Waals surface area contributed by atoms with E-state index in [2.05, 4.69) is 27.8 Å². The molecule has 3 heterocycles. The lowest BCUT2D eigenvalue weighted by molar-refractivity contribution is -0.132. The molecule has 0 saturated carbocycles. The summed E-state index contributed by atoms with van der Waals surface area (Å²) in [4.78, 5) is 21.0. The molecule has 0 bridgehead atoms. The molecule has 3 rings (SSSR count). The summed E-state index contributed by atoms with van der Waals surface area (Å²) in [6.07, 6.45) is 5.94. The van der Waals surface area contributed by atoms with Crippen LogP contribution >= 0.6 is 0 Å². The SMILES string of the molecule is CCN1C(=O)CC[C@]12CCCN(Cc1ccccn1)C2. The van der Waals surface area contributed by atoms with Crippen LogP contribution in [0, 0.1) is 0 Å². The minimum atomic E-state index is 0.0961. The van der Waals surface area contributed by atoms with Crippen LogP contribution < -0.4 is 0 Å². The molecule has 0 unspecified atom stereocenters. The topological polar surface area (TPSA) is 36.4 Å². The molecule has 20 heavy (non-hydrogen) atoms. The number of likely N-dealkylation sites (N-methyl/N-ethyl adjacent to an activating group) is 1. The maximum atomic E-state index is 12.0. The molecular weight excluding hydrogens is 250 g/mol. The third-order valence-corrected chi connectivity index (χ3v) is 4.74. The molecule has 2 fully saturated rings. The summed E-state index contributed by atoms with van der Waals surface area (Å²) in [5.74, 6) is 0.340. The van der Waals surface area contributed by atoms with Crippen LogP contribution in [-0.4, -0.2) is 45.9 Å². The van der Waals surface area contributed by atoms with Gasteiger partial charge in [-0.25, -0.2) is 0 Å². The van der Waals surface area contributed by atoms with E-state index >= 15 is 0 Å². The van der Waals surface area contributed by atoms with Gasteiger partial charge in [-0.15, -0.1) is 0 Å². The number of amides is 1. The lowest BCUT2D eigenvalue weighted by atomic mass is 9.86. The Labute approximate surface area is 120 Å². The van der Waals surface area contributed by atoms with E-state index in [-0.39, 0.29) is 5.54 Å². The van der Waals surface area contributed by atoms with Gasteiger partial charge in [-0.1, -0.05) is 6.07 Å². The Hall–Kier alpha value is -1.42. The number of nitrogens with zero attached hydrogens (tertiary/aromatic N) is 3. The highest BCUT2D eigenvalue weighted by Gasteiger charge is 2.46. The largest absolute Gasteiger partial charge is 0.336 e. The lowest BCUT2D eigenvalue weighted by Crippen LogP contribution is -2.56. The second-order valence-electron chi connectivity index (χ2n) is 6.00. The van der Waals surface area contributed by atoms with Crippen LogP contribution in [-0.2, 0) is 11.3 Å². The molecule has 0 radical (unpaired) electrons. The number of rotatable bonds is 3. The Bertz CT molecular complexity index is 476. The van der Waals surface area contributed by atoms with E-state index in [0.717, 1.165) is 51.1 Å². The van der Waals surface area contributed by atoms with Gasteiger partial charge in [-0.2, -0.15) is 0 Å². The van der Waals surface area contributed by atoms with Crippen LogP contribution in [0.3, 0.4) is 0 Å². The Balaban J connectivity index is 1.72. The van der Waals surface area contributed by atoms with Gasteiger partial charge in [-0.3, -0.25) is 14.7 Å². The quantitative estimate of drug-likeness (QED) is 0.846. The van der Waals surface area contributed by atoms with Crippen LogP contribution in [0.15, 0.2) is 24.4 Å². The van der Waals surface area contributed by atoms with E-state index in [9.17, 15) is 4.79 Å². The molecule has 0 aromatic carbocycles. The van der Waals surface area contributed by atoms with Crippen molar-refractivity contribution in [2.45, 2.75) is 44.7 Å². The third kappa shape index (κ3) is 2.44. The second-order valence-corrected chi connectivity index (χ2v) is 6.00. The molecule has 1 aromatic heterocycles. The van der Waals surface area contributed by atoms with Gasteiger partial charge in [0.25, 0.3) is 0 Å². The van der Waals surface area contributed by atoms with Crippen LogP contribution in [0.4, 0.5) is 0 Å². The second kappa shape index (κ2) is 5.52. The zero-order valence-electron chi connectivity index (χ0n) is 12.2. The molecule has 1 aromatic rings. The average molecular weight is 273 g/mol. The number of pyridine rings is 1. The Morgan fingerprint density at radius 1 is 1.35 bits per heavy atom. The van der Waals surface area contributed by atoms with Gasteiger partial charge in [0.15, 0.2) is 0 Å². The van der Waals surface area contributed by atoms with Crippen molar-refractivity contribution in [1.29, 1.82) is 0 Å². The van der Waals surface area contributed by atoms with Gasteiger partial charge in [0.05, 0.1) is 11.2 Å². The molecule has 4 nitrogen and oxygen atoms in total. The van der Waals surface area contributed by atoms with Gasteiger partial charge in [0.1, 0.15) is 0 Å². The van der Waals surface area contributed by atoms with Crippen molar-refractivity contribution < 1.29 is 4.79 Å². The monoisotopic (exact) mass is 273 g/mol. The molecule has 1 atom stereocenters. The zero-order chi connectivity index (χ0) is 14.0. The number of piperidine rings is 1. The summed E-state index contributed by atoms with van der Waals surface area (Å²) in [5, 5.41) is 0. The van der Waals surface area contributed by atoms with Gasteiger partial charge >= 0.3 is 0 Å². The first-order valence-corrected chi connectivity index (χ1v) is 7.66. The van der Waals surface area contributed by atoms with Crippen molar-refractivity contribution in [3.05, 3.63) is 30.1 Å². The minimum absolute atomic E-state index is 0.0961. The standard InChI is InChI=1S/C16H23N3O/c1-2-19-15(20)7-9-16(19)8-5-11-18(13-16)12-14-6-3-4-10-17-14/h3-4,6,10H,2,5,7-9,11-13H2,1H3/t16-/m0/s1. The van der Waals surface area contributed by atoms with E-state index in [1.165, 1.54) is 6.42 Å². The fourth-order valence-corrected chi connectivity index (χ4v) is 3.87. The number of hydrogen-bond donors (Lipinski definition) is 0. The van der Waals surface area contributed by atoms with Crippen LogP contribution in [0.5, 0.6) is 0 Å². The number of likely N-dealkylation sites (tertiary alicyclic amines) is 2. The molecule has 108 valence electrons. The Kier molecular flexibility index (Phi) is 3.74. The fourth-order valence-electron chi connectivity index (χ4n) is 3.87. The predicted octanol–water partition coefficient (Wildman–Crippen LogP) is 2.06. The maximum Gasteiger partial charge on any atom is 0.223 e.